The van der Waals surface area contributed by atoms with Crippen LogP contribution in [0.4, 0.5) is 52.3 Å². The molecule has 0 unspecified atom stereocenters. The van der Waals surface area contributed by atoms with E-state index < -0.39 is 47.4 Å². The lowest BCUT2D eigenvalue weighted by Crippen LogP contribution is -2.66. The first-order chi connectivity index (χ1) is 21.5. The van der Waals surface area contributed by atoms with Crippen molar-refractivity contribution in [3.05, 3.63) is 89.6 Å². The van der Waals surface area contributed by atoms with E-state index in [2.05, 4.69) is 4.98 Å². The summed E-state index contributed by atoms with van der Waals surface area (Å²) in [5.41, 5.74) is -2.43. The Hall–Kier alpha value is -4.13. The van der Waals surface area contributed by atoms with Gasteiger partial charge in [0.25, 0.3) is 6.71 Å². The lowest BCUT2D eigenvalue weighted by Gasteiger charge is -2.45. The summed E-state index contributed by atoms with van der Waals surface area (Å²) in [6.07, 6.45) is 0. The molecule has 5 aromatic rings. The minimum atomic E-state index is -6.47. The normalized spacial score (nSPS) is 19.5. The number of para-hydroxylation sites is 2. The van der Waals surface area contributed by atoms with E-state index in [4.69, 9.17) is 4.74 Å². The molecule has 0 amide bonds. The molecule has 0 N–H and O–H groups in total. The Kier molecular flexibility index (Phi) is 5.61. The number of benzene rings is 3. The molecule has 2 aliphatic heterocycles. The number of alkyl halides is 8. The second kappa shape index (κ2) is 8.81. The van der Waals surface area contributed by atoms with E-state index in [1.807, 2.05) is 39.0 Å². The smallest absolute Gasteiger partial charge is 0.384 e. The SMILES string of the molecule is CC(C)(C)c1ccc2sc3c(c2c1)N(c1ccccc1)c1nc2c(c4c1B3c1ccccc1O4)C(F)(F)C(F)(F)C(F)(F)C2(F)F. The van der Waals surface area contributed by atoms with E-state index in [0.717, 1.165) is 10.3 Å². The van der Waals surface area contributed by atoms with Gasteiger partial charge in [0.2, 0.25) is 0 Å². The molecule has 3 aliphatic rings. The maximum atomic E-state index is 15.7. The first kappa shape index (κ1) is 29.3. The molecule has 2 aromatic heterocycles. The third-order valence-corrected chi connectivity index (χ3v) is 10.2. The fraction of sp³-hybridized carbons (Fsp3) is 0.242. The summed E-state index contributed by atoms with van der Waals surface area (Å²) in [6.45, 7) is 5.08. The van der Waals surface area contributed by atoms with Gasteiger partial charge in [0.1, 0.15) is 23.0 Å². The minimum absolute atomic E-state index is 0.0499. The van der Waals surface area contributed by atoms with E-state index in [9.17, 15) is 17.6 Å². The van der Waals surface area contributed by atoms with Gasteiger partial charge >= 0.3 is 23.7 Å². The van der Waals surface area contributed by atoms with Crippen molar-refractivity contribution in [1.82, 2.24) is 4.98 Å². The van der Waals surface area contributed by atoms with Crippen LogP contribution < -0.4 is 25.3 Å². The van der Waals surface area contributed by atoms with Crippen molar-refractivity contribution in [2.24, 2.45) is 0 Å². The molecule has 0 radical (unpaired) electrons. The number of fused-ring (bicyclic) bond motifs is 8. The Balaban J connectivity index is 1.57. The van der Waals surface area contributed by atoms with Gasteiger partial charge in [0.05, 0.1) is 11.3 Å². The maximum absolute atomic E-state index is 15.7. The van der Waals surface area contributed by atoms with Crippen LogP contribution in [0, 0.1) is 0 Å². The summed E-state index contributed by atoms with van der Waals surface area (Å²) in [6, 6.07) is 20.3. The Morgan fingerprint density at radius 2 is 1.46 bits per heavy atom. The van der Waals surface area contributed by atoms with Crippen molar-refractivity contribution in [2.45, 2.75) is 49.9 Å². The maximum Gasteiger partial charge on any atom is 0.384 e. The fourth-order valence-electron chi connectivity index (χ4n) is 6.60. The van der Waals surface area contributed by atoms with Gasteiger partial charge in [-0.05, 0) is 46.8 Å². The van der Waals surface area contributed by atoms with Gasteiger partial charge < -0.3 is 4.74 Å². The number of hydrogen-bond acceptors (Lipinski definition) is 4. The van der Waals surface area contributed by atoms with Crippen molar-refractivity contribution in [3.8, 4) is 11.5 Å². The summed E-state index contributed by atoms with van der Waals surface area (Å²) in [7, 11) is 0. The van der Waals surface area contributed by atoms with Crippen LogP contribution in [0.3, 0.4) is 0 Å². The number of rotatable bonds is 1. The largest absolute Gasteiger partial charge is 0.458 e. The van der Waals surface area contributed by atoms with Gasteiger partial charge in [-0.15, -0.1) is 11.3 Å². The van der Waals surface area contributed by atoms with Crippen LogP contribution >= 0.6 is 11.3 Å². The minimum Gasteiger partial charge on any atom is -0.458 e. The van der Waals surface area contributed by atoms with Gasteiger partial charge in [0.15, 0.2) is 0 Å². The Bertz CT molecular complexity index is 2110. The number of halogens is 8. The molecule has 1 aliphatic carbocycles. The van der Waals surface area contributed by atoms with Gasteiger partial charge in [-0.2, -0.15) is 35.1 Å². The van der Waals surface area contributed by atoms with Crippen LogP contribution in [0.2, 0.25) is 0 Å². The zero-order valence-corrected chi connectivity index (χ0v) is 25.1. The second-order valence-corrected chi connectivity index (χ2v) is 13.8. The molecule has 8 rings (SSSR count). The highest BCUT2D eigenvalue weighted by atomic mass is 32.1. The Morgan fingerprint density at radius 3 is 2.15 bits per heavy atom. The molecule has 0 saturated carbocycles. The van der Waals surface area contributed by atoms with Gasteiger partial charge in [-0.1, -0.05) is 63.2 Å². The van der Waals surface area contributed by atoms with Crippen LogP contribution in [-0.2, 0) is 17.3 Å². The third kappa shape index (κ3) is 3.41. The number of ether oxygens (including phenoxy) is 1. The van der Waals surface area contributed by atoms with E-state index in [-0.39, 0.29) is 22.4 Å². The van der Waals surface area contributed by atoms with Crippen LogP contribution in [-0.4, -0.2) is 23.5 Å². The molecule has 0 spiro atoms. The van der Waals surface area contributed by atoms with Crippen molar-refractivity contribution < 1.29 is 39.9 Å². The van der Waals surface area contributed by atoms with Crippen molar-refractivity contribution in [1.29, 1.82) is 0 Å². The number of hydrogen-bond donors (Lipinski definition) is 0. The highest BCUT2D eigenvalue weighted by molar-refractivity contribution is 7.33. The fourth-order valence-corrected chi connectivity index (χ4v) is 7.90. The zero-order chi connectivity index (χ0) is 32.8. The van der Waals surface area contributed by atoms with Gasteiger partial charge in [-0.3, -0.25) is 4.90 Å². The van der Waals surface area contributed by atoms with Gasteiger partial charge in [-0.25, -0.2) is 4.98 Å². The van der Waals surface area contributed by atoms with Gasteiger partial charge in [0, 0.05) is 26.0 Å². The standard InChI is InChI=1S/C33H21BF8N2OS/c1-29(2,3)16-13-14-21-18(15-16)24-27(46-21)34-19-11-7-8-12-20(19)45-25-22-26(31(37,38)33(41,42)32(39,40)30(22,35)36)43-28(23(25)34)44(24)17-9-5-4-6-10-17/h4-15H,1-3H3. The second-order valence-electron chi connectivity index (χ2n) is 12.7. The number of aromatic nitrogens is 1. The molecule has 46 heavy (non-hydrogen) atoms. The van der Waals surface area contributed by atoms with Crippen LogP contribution in [0.25, 0.3) is 10.1 Å². The van der Waals surface area contributed by atoms with Crippen molar-refractivity contribution >= 4 is 61.0 Å². The van der Waals surface area contributed by atoms with Crippen LogP contribution in [0.5, 0.6) is 11.5 Å². The molecule has 13 heteroatoms. The number of nitrogens with zero attached hydrogens (tertiary/aromatic N) is 2. The lowest BCUT2D eigenvalue weighted by atomic mass is 9.37. The summed E-state index contributed by atoms with van der Waals surface area (Å²) >= 11 is 1.33. The molecule has 0 fully saturated rings. The van der Waals surface area contributed by atoms with Crippen LogP contribution in [0.15, 0.2) is 72.8 Å². The van der Waals surface area contributed by atoms with Crippen LogP contribution in [0.1, 0.15) is 37.6 Å². The molecule has 234 valence electrons. The molecule has 3 aromatic carbocycles. The molecule has 0 atom stereocenters. The summed E-state index contributed by atoms with van der Waals surface area (Å²) in [4.78, 5) is 5.30. The third-order valence-electron chi connectivity index (χ3n) is 8.96. The Morgan fingerprint density at radius 1 is 0.804 bits per heavy atom. The van der Waals surface area contributed by atoms with Crippen molar-refractivity contribution in [3.63, 3.8) is 0 Å². The van der Waals surface area contributed by atoms with Crippen molar-refractivity contribution in [2.75, 3.05) is 4.90 Å². The first-order valence-electron chi connectivity index (χ1n) is 14.3. The number of anilines is 3. The highest BCUT2D eigenvalue weighted by Gasteiger charge is 2.87. The van der Waals surface area contributed by atoms with E-state index in [1.54, 1.807) is 42.5 Å². The van der Waals surface area contributed by atoms with E-state index in [0.29, 0.717) is 27.0 Å². The number of pyridine rings is 1. The monoisotopic (exact) mass is 656 g/mol. The molecule has 0 saturated heterocycles. The van der Waals surface area contributed by atoms with E-state index >= 15 is 17.6 Å². The Labute approximate surface area is 261 Å². The average molecular weight is 656 g/mol. The predicted molar refractivity (Wildman–Crippen MR) is 162 cm³/mol. The van der Waals surface area contributed by atoms with E-state index in [1.165, 1.54) is 28.4 Å². The average Bonchev–Trinajstić information content (AvgIpc) is 3.38. The molecular formula is C33H21BF8N2OS. The zero-order valence-electron chi connectivity index (χ0n) is 24.2. The molecular weight excluding hydrogens is 635 g/mol. The number of thiophene rings is 1. The molecule has 3 nitrogen and oxygen atoms in total. The molecule has 4 heterocycles. The topological polar surface area (TPSA) is 25.4 Å². The summed E-state index contributed by atoms with van der Waals surface area (Å²) in [5, 5.41) is 0.695. The summed E-state index contributed by atoms with van der Waals surface area (Å²) in [5.74, 6) is -25.9. The highest BCUT2D eigenvalue weighted by Crippen LogP contribution is 2.66. The summed E-state index contributed by atoms with van der Waals surface area (Å²) < 4.78 is 129. The first-order valence-corrected chi connectivity index (χ1v) is 15.1. The molecule has 0 bridgehead atoms. The lowest BCUT2D eigenvalue weighted by molar-refractivity contribution is -0.387. The quantitative estimate of drug-likeness (QED) is 0.131. The predicted octanol–water partition coefficient (Wildman–Crippen LogP) is 8.47.